The van der Waals surface area contributed by atoms with E-state index in [0.717, 1.165) is 25.7 Å². The number of nitrogens with one attached hydrogen (secondary N) is 1. The van der Waals surface area contributed by atoms with Crippen molar-refractivity contribution in [3.05, 3.63) is 0 Å². The molecule has 0 aliphatic carbocycles. The molecule has 4 nitrogen and oxygen atoms in total. The first kappa shape index (κ1) is 16.9. The van der Waals surface area contributed by atoms with Gasteiger partial charge in [0.2, 0.25) is 10.0 Å². The Balaban J connectivity index is 2.56. The fraction of sp³-hybridized carbons (Fsp3) is 1.00. The third-order valence-electron chi connectivity index (χ3n) is 4.14. The van der Waals surface area contributed by atoms with Gasteiger partial charge >= 0.3 is 0 Å². The summed E-state index contributed by atoms with van der Waals surface area (Å²) in [5, 5.41) is 3.29. The SMILES string of the molecule is CNC(C)CC(C)(C)CC1CCCN(S(C)(=O)=O)C1. The first-order valence-corrected chi connectivity index (χ1v) is 9.11. The summed E-state index contributed by atoms with van der Waals surface area (Å²) in [7, 11) is -1.03. The summed E-state index contributed by atoms with van der Waals surface area (Å²) in [6.45, 7) is 8.19. The molecule has 1 aliphatic heterocycles. The van der Waals surface area contributed by atoms with E-state index in [2.05, 4.69) is 26.1 Å². The molecule has 1 aliphatic rings. The molecule has 1 rings (SSSR count). The number of piperidine rings is 1. The molecule has 0 aromatic carbocycles. The van der Waals surface area contributed by atoms with Crippen LogP contribution >= 0.6 is 0 Å². The Bertz CT molecular complexity index is 379. The quantitative estimate of drug-likeness (QED) is 0.815. The molecule has 1 fully saturated rings. The van der Waals surface area contributed by atoms with E-state index >= 15 is 0 Å². The summed E-state index contributed by atoms with van der Waals surface area (Å²) in [5.74, 6) is 0.502. The molecule has 0 saturated carbocycles. The van der Waals surface area contributed by atoms with E-state index < -0.39 is 10.0 Å². The van der Waals surface area contributed by atoms with Crippen LogP contribution < -0.4 is 5.32 Å². The molecular weight excluding hydrogens is 260 g/mol. The Labute approximate surface area is 119 Å². The lowest BCUT2D eigenvalue weighted by atomic mass is 9.76. The van der Waals surface area contributed by atoms with Gasteiger partial charge in [0.1, 0.15) is 0 Å². The Morgan fingerprint density at radius 3 is 2.58 bits per heavy atom. The van der Waals surface area contributed by atoms with Crippen molar-refractivity contribution in [2.24, 2.45) is 11.3 Å². The van der Waals surface area contributed by atoms with Gasteiger partial charge in [-0.25, -0.2) is 12.7 Å². The minimum Gasteiger partial charge on any atom is -0.317 e. The van der Waals surface area contributed by atoms with E-state index in [9.17, 15) is 8.42 Å². The van der Waals surface area contributed by atoms with Crippen molar-refractivity contribution in [1.82, 2.24) is 9.62 Å². The van der Waals surface area contributed by atoms with E-state index in [0.29, 0.717) is 25.0 Å². The monoisotopic (exact) mass is 290 g/mol. The van der Waals surface area contributed by atoms with Crippen molar-refractivity contribution in [3.63, 3.8) is 0 Å². The molecule has 1 heterocycles. The summed E-state index contributed by atoms with van der Waals surface area (Å²) in [4.78, 5) is 0. The second kappa shape index (κ2) is 6.55. The fourth-order valence-electron chi connectivity index (χ4n) is 3.29. The van der Waals surface area contributed by atoms with E-state index in [4.69, 9.17) is 0 Å². The minimum absolute atomic E-state index is 0.258. The summed E-state index contributed by atoms with van der Waals surface area (Å²) in [6.07, 6.45) is 5.70. The molecule has 19 heavy (non-hydrogen) atoms. The molecule has 0 bridgehead atoms. The number of hydrogen-bond donors (Lipinski definition) is 1. The van der Waals surface area contributed by atoms with Gasteiger partial charge in [-0.3, -0.25) is 0 Å². The highest BCUT2D eigenvalue weighted by Gasteiger charge is 2.30. The Morgan fingerprint density at radius 2 is 2.05 bits per heavy atom. The number of nitrogens with zero attached hydrogens (tertiary/aromatic N) is 1. The van der Waals surface area contributed by atoms with Crippen molar-refractivity contribution in [1.29, 1.82) is 0 Å². The molecule has 114 valence electrons. The van der Waals surface area contributed by atoms with Crippen LogP contribution in [-0.4, -0.2) is 45.2 Å². The van der Waals surface area contributed by atoms with E-state index in [1.165, 1.54) is 6.26 Å². The van der Waals surface area contributed by atoms with Gasteiger partial charge < -0.3 is 5.32 Å². The van der Waals surface area contributed by atoms with Crippen LogP contribution in [0.3, 0.4) is 0 Å². The second-order valence-corrected chi connectivity index (χ2v) is 8.87. The average molecular weight is 290 g/mol. The van der Waals surface area contributed by atoms with Gasteiger partial charge in [-0.05, 0) is 51.0 Å². The zero-order valence-electron chi connectivity index (χ0n) is 13.1. The predicted octanol–water partition coefficient (Wildman–Crippen LogP) is 2.07. The van der Waals surface area contributed by atoms with Gasteiger partial charge in [0.15, 0.2) is 0 Å². The van der Waals surface area contributed by atoms with Crippen LogP contribution in [0.2, 0.25) is 0 Å². The lowest BCUT2D eigenvalue weighted by molar-refractivity contribution is 0.172. The minimum atomic E-state index is -3.02. The van der Waals surface area contributed by atoms with Crippen LogP contribution in [0.4, 0.5) is 0 Å². The van der Waals surface area contributed by atoms with Gasteiger partial charge in [-0.15, -0.1) is 0 Å². The van der Waals surface area contributed by atoms with Crippen molar-refractivity contribution in [2.75, 3.05) is 26.4 Å². The zero-order valence-corrected chi connectivity index (χ0v) is 13.9. The normalized spacial score (nSPS) is 24.4. The first-order chi connectivity index (χ1) is 8.64. The molecule has 0 spiro atoms. The first-order valence-electron chi connectivity index (χ1n) is 7.26. The summed E-state index contributed by atoms with van der Waals surface area (Å²) >= 11 is 0. The highest BCUT2D eigenvalue weighted by molar-refractivity contribution is 7.88. The van der Waals surface area contributed by atoms with Gasteiger partial charge in [0.25, 0.3) is 0 Å². The maximum atomic E-state index is 11.6. The fourth-order valence-corrected chi connectivity index (χ4v) is 4.23. The topological polar surface area (TPSA) is 49.4 Å². The highest BCUT2D eigenvalue weighted by atomic mass is 32.2. The summed E-state index contributed by atoms with van der Waals surface area (Å²) < 4.78 is 24.9. The predicted molar refractivity (Wildman–Crippen MR) is 80.7 cm³/mol. The van der Waals surface area contributed by atoms with Crippen LogP contribution in [0, 0.1) is 11.3 Å². The third kappa shape index (κ3) is 5.79. The van der Waals surface area contributed by atoms with Crippen molar-refractivity contribution in [2.45, 2.75) is 52.5 Å². The molecule has 0 amide bonds. The number of sulfonamides is 1. The van der Waals surface area contributed by atoms with Crippen LogP contribution in [0.15, 0.2) is 0 Å². The van der Waals surface area contributed by atoms with E-state index in [1.54, 1.807) is 4.31 Å². The lowest BCUT2D eigenvalue weighted by Crippen LogP contribution is -2.41. The molecular formula is C14H30N2O2S. The Morgan fingerprint density at radius 1 is 1.42 bits per heavy atom. The molecule has 0 aromatic heterocycles. The molecule has 0 radical (unpaired) electrons. The van der Waals surface area contributed by atoms with Crippen molar-refractivity contribution in [3.8, 4) is 0 Å². The van der Waals surface area contributed by atoms with Crippen LogP contribution in [0.1, 0.15) is 46.5 Å². The standard InChI is InChI=1S/C14H30N2O2S/c1-12(15-4)9-14(2,3)10-13-7-6-8-16(11-13)19(5,17)18/h12-13,15H,6-11H2,1-5H3. The number of rotatable bonds is 6. The van der Waals surface area contributed by atoms with Crippen molar-refractivity contribution >= 4 is 10.0 Å². The third-order valence-corrected chi connectivity index (χ3v) is 5.41. The lowest BCUT2D eigenvalue weighted by Gasteiger charge is -2.37. The van der Waals surface area contributed by atoms with E-state index in [-0.39, 0.29) is 5.41 Å². The zero-order chi connectivity index (χ0) is 14.7. The highest BCUT2D eigenvalue weighted by Crippen LogP contribution is 2.34. The maximum Gasteiger partial charge on any atom is 0.211 e. The Kier molecular flexibility index (Phi) is 5.83. The smallest absolute Gasteiger partial charge is 0.211 e. The van der Waals surface area contributed by atoms with E-state index in [1.807, 2.05) is 7.05 Å². The molecule has 2 atom stereocenters. The molecule has 5 heteroatoms. The Hall–Kier alpha value is -0.130. The molecule has 1 N–H and O–H groups in total. The molecule has 1 saturated heterocycles. The van der Waals surface area contributed by atoms with Gasteiger partial charge in [-0.1, -0.05) is 13.8 Å². The maximum absolute atomic E-state index is 11.6. The summed E-state index contributed by atoms with van der Waals surface area (Å²) in [6, 6.07) is 0.504. The number of hydrogen-bond acceptors (Lipinski definition) is 3. The van der Waals surface area contributed by atoms with Gasteiger partial charge in [0.05, 0.1) is 6.26 Å². The van der Waals surface area contributed by atoms with Crippen LogP contribution in [0.25, 0.3) is 0 Å². The second-order valence-electron chi connectivity index (χ2n) is 6.89. The average Bonchev–Trinajstić information content (AvgIpc) is 2.26. The largest absolute Gasteiger partial charge is 0.317 e. The van der Waals surface area contributed by atoms with Crippen LogP contribution in [0.5, 0.6) is 0 Å². The molecule has 2 unspecified atom stereocenters. The molecule has 0 aromatic rings. The summed E-state index contributed by atoms with van der Waals surface area (Å²) in [5.41, 5.74) is 0.258. The van der Waals surface area contributed by atoms with Crippen molar-refractivity contribution < 1.29 is 8.42 Å². The van der Waals surface area contributed by atoms with Crippen LogP contribution in [-0.2, 0) is 10.0 Å². The van der Waals surface area contributed by atoms with Gasteiger partial charge in [-0.2, -0.15) is 0 Å². The van der Waals surface area contributed by atoms with Gasteiger partial charge in [0, 0.05) is 19.1 Å².